The lowest BCUT2D eigenvalue weighted by atomic mass is 9.95. The van der Waals surface area contributed by atoms with Gasteiger partial charge < -0.3 is 15.0 Å². The summed E-state index contributed by atoms with van der Waals surface area (Å²) in [7, 11) is 2.17. The summed E-state index contributed by atoms with van der Waals surface area (Å²) in [5.74, 6) is 0.569. The molecule has 1 heterocycles. The molecule has 3 heteroatoms. The van der Waals surface area contributed by atoms with Crippen LogP contribution in [0.2, 0.25) is 0 Å². The van der Waals surface area contributed by atoms with Gasteiger partial charge >= 0.3 is 0 Å². The second-order valence-electron chi connectivity index (χ2n) is 5.50. The first kappa shape index (κ1) is 14.4. The Balaban J connectivity index is 1.96. The fourth-order valence-corrected chi connectivity index (χ4v) is 2.76. The average Bonchev–Trinajstić information content (AvgIpc) is 2.42. The number of anilines is 1. The van der Waals surface area contributed by atoms with E-state index in [4.69, 9.17) is 4.74 Å². The Kier molecular flexibility index (Phi) is 5.23. The van der Waals surface area contributed by atoms with Gasteiger partial charge in [0.05, 0.1) is 6.61 Å². The maximum Gasteiger partial charge on any atom is 0.0526 e. The van der Waals surface area contributed by atoms with Crippen molar-refractivity contribution in [3.63, 3.8) is 0 Å². The summed E-state index contributed by atoms with van der Waals surface area (Å²) in [5.41, 5.74) is 2.59. The van der Waals surface area contributed by atoms with Gasteiger partial charge in [0.1, 0.15) is 0 Å². The third kappa shape index (κ3) is 3.95. The van der Waals surface area contributed by atoms with E-state index >= 15 is 0 Å². The van der Waals surface area contributed by atoms with Crippen LogP contribution >= 0.6 is 0 Å². The third-order valence-corrected chi connectivity index (χ3v) is 3.92. The van der Waals surface area contributed by atoms with Crippen LogP contribution in [0.15, 0.2) is 24.3 Å². The molecule has 1 aliphatic heterocycles. The zero-order chi connectivity index (χ0) is 13.7. The summed E-state index contributed by atoms with van der Waals surface area (Å²) < 4.78 is 5.65. The molecule has 2 unspecified atom stereocenters. The zero-order valence-electron chi connectivity index (χ0n) is 12.4. The molecule has 1 aromatic carbocycles. The molecule has 19 heavy (non-hydrogen) atoms. The van der Waals surface area contributed by atoms with Crippen molar-refractivity contribution in [3.8, 4) is 0 Å². The van der Waals surface area contributed by atoms with Gasteiger partial charge in [0.15, 0.2) is 0 Å². The number of nitrogens with one attached hydrogen (secondary N) is 1. The van der Waals surface area contributed by atoms with Crippen LogP contribution in [-0.2, 0) is 4.74 Å². The number of hydrogen-bond donors (Lipinski definition) is 1. The fourth-order valence-electron chi connectivity index (χ4n) is 2.76. The van der Waals surface area contributed by atoms with Crippen LogP contribution in [0.1, 0.15) is 18.9 Å². The normalized spacial score (nSPS) is 23.3. The number of benzene rings is 1. The van der Waals surface area contributed by atoms with Gasteiger partial charge in [-0.05, 0) is 32.0 Å². The minimum atomic E-state index is 0.569. The second-order valence-corrected chi connectivity index (χ2v) is 5.50. The molecule has 0 aromatic heterocycles. The molecular weight excluding hydrogens is 236 g/mol. The van der Waals surface area contributed by atoms with E-state index in [1.807, 2.05) is 0 Å². The lowest BCUT2D eigenvalue weighted by molar-refractivity contribution is 0.0355. The van der Waals surface area contributed by atoms with Gasteiger partial charge in [-0.2, -0.15) is 0 Å². The number of ether oxygens (including phenoxy) is 1. The van der Waals surface area contributed by atoms with Crippen LogP contribution < -0.4 is 10.2 Å². The fraction of sp³-hybridized carbons (Fsp3) is 0.625. The Morgan fingerprint density at radius 2 is 2.05 bits per heavy atom. The predicted octanol–water partition coefficient (Wildman–Crippen LogP) is 2.45. The summed E-state index contributed by atoms with van der Waals surface area (Å²) in [6.45, 7) is 8.14. The smallest absolute Gasteiger partial charge is 0.0526 e. The quantitative estimate of drug-likeness (QED) is 0.882. The van der Waals surface area contributed by atoms with E-state index < -0.39 is 0 Å². The standard InChI is InChI=1S/C16H26N2O/c1-4-17-16-9-10-19-12-14(16)11-18(3)15-7-5-13(2)6-8-15/h5-8,14,16-17H,4,9-12H2,1-3H3. The van der Waals surface area contributed by atoms with Crippen molar-refractivity contribution in [2.24, 2.45) is 5.92 Å². The van der Waals surface area contributed by atoms with Crippen molar-refractivity contribution < 1.29 is 4.74 Å². The van der Waals surface area contributed by atoms with Crippen molar-refractivity contribution >= 4 is 5.69 Å². The number of nitrogens with zero attached hydrogens (tertiary/aromatic N) is 1. The van der Waals surface area contributed by atoms with Crippen LogP contribution in [0.4, 0.5) is 5.69 Å². The van der Waals surface area contributed by atoms with Gasteiger partial charge in [0, 0.05) is 37.8 Å². The maximum absolute atomic E-state index is 5.65. The van der Waals surface area contributed by atoms with Crippen LogP contribution in [0.25, 0.3) is 0 Å². The zero-order valence-corrected chi connectivity index (χ0v) is 12.4. The van der Waals surface area contributed by atoms with Gasteiger partial charge in [-0.1, -0.05) is 24.6 Å². The van der Waals surface area contributed by atoms with Crippen LogP contribution in [-0.4, -0.2) is 39.4 Å². The molecule has 0 bridgehead atoms. The molecule has 3 nitrogen and oxygen atoms in total. The topological polar surface area (TPSA) is 24.5 Å². The highest BCUT2D eigenvalue weighted by atomic mass is 16.5. The first-order chi connectivity index (χ1) is 9.20. The van der Waals surface area contributed by atoms with E-state index in [0.29, 0.717) is 12.0 Å². The van der Waals surface area contributed by atoms with E-state index in [1.54, 1.807) is 0 Å². The number of aryl methyl sites for hydroxylation is 1. The van der Waals surface area contributed by atoms with Crippen LogP contribution in [0.5, 0.6) is 0 Å². The van der Waals surface area contributed by atoms with E-state index in [1.165, 1.54) is 11.3 Å². The highest BCUT2D eigenvalue weighted by molar-refractivity contribution is 5.46. The maximum atomic E-state index is 5.65. The molecule has 1 saturated heterocycles. The van der Waals surface area contributed by atoms with E-state index in [9.17, 15) is 0 Å². The SMILES string of the molecule is CCNC1CCOCC1CN(C)c1ccc(C)cc1. The molecule has 1 N–H and O–H groups in total. The predicted molar refractivity (Wildman–Crippen MR) is 80.8 cm³/mol. The Hall–Kier alpha value is -1.06. The van der Waals surface area contributed by atoms with Crippen LogP contribution in [0.3, 0.4) is 0 Å². The van der Waals surface area contributed by atoms with Gasteiger partial charge in [0.2, 0.25) is 0 Å². The number of rotatable bonds is 5. The van der Waals surface area contributed by atoms with E-state index in [2.05, 4.69) is 55.4 Å². The molecule has 0 spiro atoms. The molecule has 0 aliphatic carbocycles. The molecule has 1 aliphatic rings. The minimum Gasteiger partial charge on any atom is -0.381 e. The highest BCUT2D eigenvalue weighted by Crippen LogP contribution is 2.20. The van der Waals surface area contributed by atoms with Crippen molar-refractivity contribution in [1.29, 1.82) is 0 Å². The number of hydrogen-bond acceptors (Lipinski definition) is 3. The molecule has 2 rings (SSSR count). The van der Waals surface area contributed by atoms with E-state index in [-0.39, 0.29) is 0 Å². The molecule has 106 valence electrons. The van der Waals surface area contributed by atoms with Crippen molar-refractivity contribution in [3.05, 3.63) is 29.8 Å². The van der Waals surface area contributed by atoms with E-state index in [0.717, 1.165) is 32.7 Å². The Bertz CT molecular complexity index is 375. The lowest BCUT2D eigenvalue weighted by Gasteiger charge is -2.35. The third-order valence-electron chi connectivity index (χ3n) is 3.92. The first-order valence-corrected chi connectivity index (χ1v) is 7.29. The van der Waals surface area contributed by atoms with Gasteiger partial charge in [-0.25, -0.2) is 0 Å². The lowest BCUT2D eigenvalue weighted by Crippen LogP contribution is -2.47. The molecule has 0 saturated carbocycles. The molecule has 1 fully saturated rings. The van der Waals surface area contributed by atoms with Crippen molar-refractivity contribution in [2.45, 2.75) is 26.3 Å². The Morgan fingerprint density at radius 1 is 1.32 bits per heavy atom. The molecule has 1 aromatic rings. The summed E-state index contributed by atoms with van der Waals surface area (Å²) in [5, 5.41) is 3.59. The molecule has 0 radical (unpaired) electrons. The molecule has 0 amide bonds. The van der Waals surface area contributed by atoms with Gasteiger partial charge in [0.25, 0.3) is 0 Å². The van der Waals surface area contributed by atoms with Crippen molar-refractivity contribution in [2.75, 3.05) is 38.3 Å². The summed E-state index contributed by atoms with van der Waals surface area (Å²) in [4.78, 5) is 2.34. The largest absolute Gasteiger partial charge is 0.381 e. The Morgan fingerprint density at radius 3 is 2.74 bits per heavy atom. The molecule has 2 atom stereocenters. The summed E-state index contributed by atoms with van der Waals surface area (Å²) in [6.07, 6.45) is 1.13. The summed E-state index contributed by atoms with van der Waals surface area (Å²) in [6, 6.07) is 9.32. The summed E-state index contributed by atoms with van der Waals surface area (Å²) >= 11 is 0. The highest BCUT2D eigenvalue weighted by Gasteiger charge is 2.26. The first-order valence-electron chi connectivity index (χ1n) is 7.29. The minimum absolute atomic E-state index is 0.569. The molecular formula is C16H26N2O. The van der Waals surface area contributed by atoms with Crippen LogP contribution in [0, 0.1) is 12.8 Å². The monoisotopic (exact) mass is 262 g/mol. The second kappa shape index (κ2) is 6.92. The Labute approximate surface area is 116 Å². The average molecular weight is 262 g/mol. The van der Waals surface area contributed by atoms with Gasteiger partial charge in [-0.15, -0.1) is 0 Å². The van der Waals surface area contributed by atoms with Crippen molar-refractivity contribution in [1.82, 2.24) is 5.32 Å². The van der Waals surface area contributed by atoms with Gasteiger partial charge in [-0.3, -0.25) is 0 Å².